The van der Waals surface area contributed by atoms with Crippen LogP contribution >= 0.6 is 0 Å². The molecule has 0 fully saturated rings. The Balaban J connectivity index is 1.95. The fraction of sp³-hybridized carbons (Fsp3) is 0.182. The Morgan fingerprint density at radius 1 is 1.18 bits per heavy atom. The second kappa shape index (κ2) is 10.4. The van der Waals surface area contributed by atoms with Gasteiger partial charge in [-0.15, -0.1) is 0 Å². The van der Waals surface area contributed by atoms with Crippen molar-refractivity contribution in [2.75, 3.05) is 20.8 Å². The van der Waals surface area contributed by atoms with Gasteiger partial charge in [0.1, 0.15) is 17.4 Å². The first kappa shape index (κ1) is 20.6. The third kappa shape index (κ3) is 5.64. The molecule has 0 bridgehead atoms. The topological polar surface area (TPSA) is 91.6 Å². The summed E-state index contributed by atoms with van der Waals surface area (Å²) in [5, 5.41) is 21.2. The molecule has 0 radical (unpaired) electrons. The largest absolute Gasteiger partial charge is 0.508 e. The van der Waals surface area contributed by atoms with Crippen LogP contribution in [-0.2, 0) is 11.2 Å². The average molecular weight is 378 g/mol. The van der Waals surface area contributed by atoms with Crippen LogP contribution in [0.15, 0.2) is 60.2 Å². The van der Waals surface area contributed by atoms with Crippen molar-refractivity contribution in [2.45, 2.75) is 6.42 Å². The fourth-order valence-corrected chi connectivity index (χ4v) is 2.56. The standard InChI is InChI=1S/C22H22N2O4/c1-27-20-8-4-6-17(21(20)28-2)13-14-24-22(26)18(15-23)7-3-5-16-9-11-19(25)12-10-16/h3-12,25H,13-14H2,1-2H3,(H,24,26)/b5-3+,18-7+. The smallest absolute Gasteiger partial charge is 0.261 e. The zero-order valence-electron chi connectivity index (χ0n) is 15.8. The van der Waals surface area contributed by atoms with E-state index in [0.29, 0.717) is 24.5 Å². The molecule has 28 heavy (non-hydrogen) atoms. The minimum absolute atomic E-state index is 0.00707. The molecule has 0 aliphatic carbocycles. The minimum Gasteiger partial charge on any atom is -0.508 e. The molecule has 2 rings (SSSR count). The Labute approximate surface area is 164 Å². The summed E-state index contributed by atoms with van der Waals surface area (Å²) in [6, 6.07) is 14.0. The molecular formula is C22H22N2O4. The molecule has 0 unspecified atom stereocenters. The van der Waals surface area contributed by atoms with E-state index >= 15 is 0 Å². The van der Waals surface area contributed by atoms with Crippen LogP contribution in [0.5, 0.6) is 17.2 Å². The number of rotatable bonds is 8. The van der Waals surface area contributed by atoms with Gasteiger partial charge in [-0.25, -0.2) is 0 Å². The maximum Gasteiger partial charge on any atom is 0.261 e. The molecule has 1 amide bonds. The molecule has 0 saturated heterocycles. The first-order chi connectivity index (χ1) is 13.6. The number of allylic oxidation sites excluding steroid dienone is 2. The van der Waals surface area contributed by atoms with Gasteiger partial charge in [0.25, 0.3) is 5.91 Å². The molecule has 0 aliphatic rings. The van der Waals surface area contributed by atoms with E-state index in [0.717, 1.165) is 11.1 Å². The number of ether oxygens (including phenoxy) is 2. The molecule has 2 aromatic carbocycles. The van der Waals surface area contributed by atoms with Crippen molar-refractivity contribution in [2.24, 2.45) is 0 Å². The summed E-state index contributed by atoms with van der Waals surface area (Å²) in [5.74, 6) is 0.993. The number of carbonyl (C=O) groups is 1. The van der Waals surface area contributed by atoms with E-state index < -0.39 is 5.91 Å². The lowest BCUT2D eigenvalue weighted by Crippen LogP contribution is -2.26. The van der Waals surface area contributed by atoms with Crippen molar-refractivity contribution in [1.82, 2.24) is 5.32 Å². The highest BCUT2D eigenvalue weighted by atomic mass is 16.5. The highest BCUT2D eigenvalue weighted by molar-refractivity contribution is 5.97. The van der Waals surface area contributed by atoms with E-state index in [2.05, 4.69) is 5.32 Å². The number of para-hydroxylation sites is 1. The normalized spacial score (nSPS) is 11.1. The SMILES string of the molecule is COc1cccc(CCNC(=O)/C(C#N)=C/C=C/c2ccc(O)cc2)c1OC. The molecule has 2 N–H and O–H groups in total. The highest BCUT2D eigenvalue weighted by Gasteiger charge is 2.11. The first-order valence-corrected chi connectivity index (χ1v) is 8.64. The minimum atomic E-state index is -0.445. The Kier molecular flexibility index (Phi) is 7.67. The second-order valence-electron chi connectivity index (χ2n) is 5.80. The first-order valence-electron chi connectivity index (χ1n) is 8.64. The summed E-state index contributed by atoms with van der Waals surface area (Å²) >= 11 is 0. The van der Waals surface area contributed by atoms with Gasteiger partial charge in [0.05, 0.1) is 14.2 Å². The van der Waals surface area contributed by atoms with Gasteiger partial charge in [-0.1, -0.05) is 36.4 Å². The summed E-state index contributed by atoms with van der Waals surface area (Å²) in [7, 11) is 3.13. The van der Waals surface area contributed by atoms with Crippen molar-refractivity contribution in [3.63, 3.8) is 0 Å². The summed E-state index contributed by atoms with van der Waals surface area (Å²) in [4.78, 5) is 12.2. The second-order valence-corrected chi connectivity index (χ2v) is 5.80. The van der Waals surface area contributed by atoms with Crippen LogP contribution < -0.4 is 14.8 Å². The third-order valence-corrected chi connectivity index (χ3v) is 3.97. The number of hydrogen-bond acceptors (Lipinski definition) is 5. The molecular weight excluding hydrogens is 356 g/mol. The molecule has 2 aromatic rings. The van der Waals surface area contributed by atoms with Gasteiger partial charge in [0.15, 0.2) is 11.5 Å². The average Bonchev–Trinajstić information content (AvgIpc) is 2.72. The van der Waals surface area contributed by atoms with Crippen molar-refractivity contribution in [3.05, 3.63) is 71.3 Å². The van der Waals surface area contributed by atoms with Crippen LogP contribution in [0.1, 0.15) is 11.1 Å². The van der Waals surface area contributed by atoms with Crippen LogP contribution in [0, 0.1) is 11.3 Å². The van der Waals surface area contributed by atoms with Crippen LogP contribution in [0.2, 0.25) is 0 Å². The third-order valence-electron chi connectivity index (χ3n) is 3.97. The number of nitriles is 1. The number of carbonyl (C=O) groups excluding carboxylic acids is 1. The molecule has 6 nitrogen and oxygen atoms in total. The lowest BCUT2D eigenvalue weighted by Gasteiger charge is -2.12. The lowest BCUT2D eigenvalue weighted by molar-refractivity contribution is -0.117. The zero-order chi connectivity index (χ0) is 20.4. The fourth-order valence-electron chi connectivity index (χ4n) is 2.56. The maximum absolute atomic E-state index is 12.2. The van der Waals surface area contributed by atoms with Crippen LogP contribution in [0.25, 0.3) is 6.08 Å². The quantitative estimate of drug-likeness (QED) is 0.418. The number of phenols is 1. The Hall–Kier alpha value is -3.72. The number of amides is 1. The monoisotopic (exact) mass is 378 g/mol. The predicted molar refractivity (Wildman–Crippen MR) is 107 cm³/mol. The van der Waals surface area contributed by atoms with Crippen LogP contribution in [-0.4, -0.2) is 31.8 Å². The van der Waals surface area contributed by atoms with Crippen LogP contribution in [0.3, 0.4) is 0 Å². The molecule has 6 heteroatoms. The maximum atomic E-state index is 12.2. The van der Waals surface area contributed by atoms with E-state index in [1.54, 1.807) is 56.7 Å². The zero-order valence-corrected chi connectivity index (χ0v) is 15.8. The number of methoxy groups -OCH3 is 2. The van der Waals surface area contributed by atoms with Gasteiger partial charge < -0.3 is 19.9 Å². The van der Waals surface area contributed by atoms with Gasteiger partial charge >= 0.3 is 0 Å². The highest BCUT2D eigenvalue weighted by Crippen LogP contribution is 2.30. The van der Waals surface area contributed by atoms with Gasteiger partial charge in [0.2, 0.25) is 0 Å². The molecule has 0 atom stereocenters. The number of aromatic hydroxyl groups is 1. The van der Waals surface area contributed by atoms with Gasteiger partial charge in [-0.2, -0.15) is 5.26 Å². The summed E-state index contributed by atoms with van der Waals surface area (Å²) < 4.78 is 10.6. The van der Waals surface area contributed by atoms with Gasteiger partial charge in [-0.3, -0.25) is 4.79 Å². The Morgan fingerprint density at radius 3 is 2.57 bits per heavy atom. The molecule has 0 aliphatic heterocycles. The molecule has 0 saturated carbocycles. The van der Waals surface area contributed by atoms with Crippen LogP contribution in [0.4, 0.5) is 0 Å². The summed E-state index contributed by atoms with van der Waals surface area (Å²) in [5.41, 5.74) is 1.75. The Bertz CT molecular complexity index is 909. The number of benzene rings is 2. The van der Waals surface area contributed by atoms with Crippen molar-refractivity contribution >= 4 is 12.0 Å². The van der Waals surface area contributed by atoms with Crippen molar-refractivity contribution in [3.8, 4) is 23.3 Å². The summed E-state index contributed by atoms with van der Waals surface area (Å²) in [6.45, 7) is 0.350. The number of nitrogens with zero attached hydrogens (tertiary/aromatic N) is 1. The molecule has 0 heterocycles. The van der Waals surface area contributed by atoms with E-state index in [9.17, 15) is 15.2 Å². The van der Waals surface area contributed by atoms with E-state index in [1.807, 2.05) is 18.2 Å². The predicted octanol–water partition coefficient (Wildman–Crippen LogP) is 3.23. The lowest BCUT2D eigenvalue weighted by atomic mass is 10.1. The van der Waals surface area contributed by atoms with E-state index in [-0.39, 0.29) is 11.3 Å². The molecule has 0 aromatic heterocycles. The van der Waals surface area contributed by atoms with E-state index in [4.69, 9.17) is 9.47 Å². The number of hydrogen-bond donors (Lipinski definition) is 2. The molecule has 0 spiro atoms. The number of nitrogens with one attached hydrogen (secondary N) is 1. The van der Waals surface area contributed by atoms with Gasteiger partial charge in [0, 0.05) is 6.54 Å². The van der Waals surface area contributed by atoms with Crippen molar-refractivity contribution < 1.29 is 19.4 Å². The summed E-state index contributed by atoms with van der Waals surface area (Å²) in [6.07, 6.45) is 5.35. The Morgan fingerprint density at radius 2 is 1.93 bits per heavy atom. The van der Waals surface area contributed by atoms with Crippen molar-refractivity contribution in [1.29, 1.82) is 5.26 Å². The number of phenolic OH excluding ortho intramolecular Hbond substituents is 1. The van der Waals surface area contributed by atoms with Gasteiger partial charge in [-0.05, 0) is 41.8 Å². The molecule has 144 valence electrons. The van der Waals surface area contributed by atoms with E-state index in [1.165, 1.54) is 6.08 Å².